The van der Waals surface area contributed by atoms with Crippen molar-refractivity contribution in [3.63, 3.8) is 0 Å². The molecule has 11 heavy (non-hydrogen) atoms. The zero-order valence-electron chi connectivity index (χ0n) is 7.86. The van der Waals surface area contributed by atoms with Crippen molar-refractivity contribution < 1.29 is 4.74 Å². The Labute approximate surface area is 70.1 Å². The molecule has 66 valence electrons. The predicted octanol–water partition coefficient (Wildman–Crippen LogP) is 3.14. The Balaban J connectivity index is 2.22. The van der Waals surface area contributed by atoms with Crippen molar-refractivity contribution in [3.8, 4) is 0 Å². The number of rotatable bonds is 5. The first-order valence-corrected chi connectivity index (χ1v) is 4.97. The Bertz CT molecular complexity index is 105. The molecule has 0 unspecified atom stereocenters. The average Bonchev–Trinajstić information content (AvgIpc) is 1.95. The zero-order chi connectivity index (χ0) is 8.16. The molecule has 1 nitrogen and oxygen atoms in total. The smallest absolute Gasteiger partial charge is 0.0682 e. The minimum absolute atomic E-state index is 0.324. The molecule has 0 spiro atoms. The van der Waals surface area contributed by atoms with Crippen molar-refractivity contribution in [2.45, 2.75) is 58.0 Å². The molecule has 0 bridgehead atoms. The Hall–Kier alpha value is -0.0400. The first-order valence-electron chi connectivity index (χ1n) is 4.97. The zero-order valence-corrected chi connectivity index (χ0v) is 7.86. The molecule has 0 atom stereocenters. The summed E-state index contributed by atoms with van der Waals surface area (Å²) >= 11 is 0. The van der Waals surface area contributed by atoms with Gasteiger partial charge >= 0.3 is 0 Å². The summed E-state index contributed by atoms with van der Waals surface area (Å²) in [6, 6.07) is 0. The van der Waals surface area contributed by atoms with Gasteiger partial charge < -0.3 is 4.74 Å². The molecule has 0 aromatic rings. The van der Waals surface area contributed by atoms with E-state index in [1.165, 1.54) is 38.5 Å². The van der Waals surface area contributed by atoms with Crippen LogP contribution in [0.3, 0.4) is 0 Å². The van der Waals surface area contributed by atoms with E-state index >= 15 is 0 Å². The maximum absolute atomic E-state index is 5.77. The lowest BCUT2D eigenvalue weighted by molar-refractivity contribution is -0.101. The standard InChI is InChI=1S/C10H20O/c1-3-5-7-10(11-4-2)8-6-9-10/h3-9H2,1-2H3. The highest BCUT2D eigenvalue weighted by atomic mass is 16.5. The number of unbranched alkanes of at least 4 members (excludes halogenated alkanes) is 1. The molecule has 0 radical (unpaired) electrons. The van der Waals surface area contributed by atoms with Gasteiger partial charge in [0.05, 0.1) is 5.60 Å². The van der Waals surface area contributed by atoms with Crippen LogP contribution in [0.1, 0.15) is 52.4 Å². The SMILES string of the molecule is CCCCC1(OCC)CCC1. The lowest BCUT2D eigenvalue weighted by atomic mass is 9.76. The maximum atomic E-state index is 5.77. The van der Waals surface area contributed by atoms with Crippen LogP contribution in [0.5, 0.6) is 0 Å². The van der Waals surface area contributed by atoms with Gasteiger partial charge in [0.15, 0.2) is 0 Å². The second kappa shape index (κ2) is 4.10. The van der Waals surface area contributed by atoms with Gasteiger partial charge in [-0.25, -0.2) is 0 Å². The molecule has 1 heteroatoms. The Morgan fingerprint density at radius 3 is 2.36 bits per heavy atom. The van der Waals surface area contributed by atoms with E-state index in [0.29, 0.717) is 5.60 Å². The Morgan fingerprint density at radius 2 is 2.00 bits per heavy atom. The molecule has 0 amide bonds. The summed E-state index contributed by atoms with van der Waals surface area (Å²) in [6.45, 7) is 5.24. The lowest BCUT2D eigenvalue weighted by Crippen LogP contribution is -2.39. The summed E-state index contributed by atoms with van der Waals surface area (Å²) in [5.41, 5.74) is 0.324. The van der Waals surface area contributed by atoms with Crippen LogP contribution in [0.2, 0.25) is 0 Å². The number of ether oxygens (including phenoxy) is 1. The van der Waals surface area contributed by atoms with Gasteiger partial charge in [-0.3, -0.25) is 0 Å². The van der Waals surface area contributed by atoms with Crippen LogP contribution in [0.25, 0.3) is 0 Å². The third-order valence-electron chi connectivity index (χ3n) is 2.70. The van der Waals surface area contributed by atoms with Crippen LogP contribution in [0.4, 0.5) is 0 Å². The van der Waals surface area contributed by atoms with E-state index in [4.69, 9.17) is 4.74 Å². The second-order valence-electron chi connectivity index (χ2n) is 3.57. The van der Waals surface area contributed by atoms with E-state index in [1.807, 2.05) is 0 Å². The molecule has 0 heterocycles. The summed E-state index contributed by atoms with van der Waals surface area (Å²) in [5, 5.41) is 0. The molecule has 1 aliphatic carbocycles. The van der Waals surface area contributed by atoms with Crippen LogP contribution < -0.4 is 0 Å². The van der Waals surface area contributed by atoms with Gasteiger partial charge in [0.2, 0.25) is 0 Å². The first-order chi connectivity index (χ1) is 5.33. The van der Waals surface area contributed by atoms with Crippen molar-refractivity contribution in [2.24, 2.45) is 0 Å². The van der Waals surface area contributed by atoms with Gasteiger partial charge in [-0.1, -0.05) is 19.8 Å². The van der Waals surface area contributed by atoms with E-state index in [-0.39, 0.29) is 0 Å². The van der Waals surface area contributed by atoms with Gasteiger partial charge in [0, 0.05) is 6.61 Å². The van der Waals surface area contributed by atoms with Crippen LogP contribution in [-0.4, -0.2) is 12.2 Å². The first kappa shape index (κ1) is 9.05. The van der Waals surface area contributed by atoms with E-state index in [9.17, 15) is 0 Å². The van der Waals surface area contributed by atoms with E-state index in [2.05, 4.69) is 13.8 Å². The molecular formula is C10H20O. The monoisotopic (exact) mass is 156 g/mol. The second-order valence-corrected chi connectivity index (χ2v) is 3.57. The summed E-state index contributed by atoms with van der Waals surface area (Å²) < 4.78 is 5.77. The van der Waals surface area contributed by atoms with Gasteiger partial charge in [0.1, 0.15) is 0 Å². The molecule has 1 saturated carbocycles. The van der Waals surface area contributed by atoms with E-state index in [0.717, 1.165) is 6.61 Å². The van der Waals surface area contributed by atoms with Crippen molar-refractivity contribution in [1.29, 1.82) is 0 Å². The highest BCUT2D eigenvalue weighted by molar-refractivity contribution is 4.89. The molecule has 1 rings (SSSR count). The van der Waals surface area contributed by atoms with Gasteiger partial charge in [-0.15, -0.1) is 0 Å². The summed E-state index contributed by atoms with van der Waals surface area (Å²) in [5.74, 6) is 0. The summed E-state index contributed by atoms with van der Waals surface area (Å²) in [7, 11) is 0. The molecule has 0 aliphatic heterocycles. The number of hydrogen-bond acceptors (Lipinski definition) is 1. The van der Waals surface area contributed by atoms with Gasteiger partial charge in [-0.05, 0) is 32.6 Å². The molecule has 0 aromatic carbocycles. The number of hydrogen-bond donors (Lipinski definition) is 0. The third kappa shape index (κ3) is 2.19. The normalized spacial score (nSPS) is 21.3. The molecule has 0 saturated heterocycles. The van der Waals surface area contributed by atoms with Crippen LogP contribution >= 0.6 is 0 Å². The van der Waals surface area contributed by atoms with Crippen molar-refractivity contribution in [1.82, 2.24) is 0 Å². The molecule has 1 fully saturated rings. The Morgan fingerprint density at radius 1 is 1.27 bits per heavy atom. The highest BCUT2D eigenvalue weighted by Gasteiger charge is 2.36. The molecular weight excluding hydrogens is 136 g/mol. The van der Waals surface area contributed by atoms with Crippen LogP contribution in [-0.2, 0) is 4.74 Å². The quantitative estimate of drug-likeness (QED) is 0.594. The fourth-order valence-corrected chi connectivity index (χ4v) is 1.84. The fourth-order valence-electron chi connectivity index (χ4n) is 1.84. The van der Waals surface area contributed by atoms with Crippen molar-refractivity contribution >= 4 is 0 Å². The van der Waals surface area contributed by atoms with Crippen LogP contribution in [0, 0.1) is 0 Å². The molecule has 1 aliphatic rings. The minimum atomic E-state index is 0.324. The third-order valence-corrected chi connectivity index (χ3v) is 2.70. The van der Waals surface area contributed by atoms with E-state index < -0.39 is 0 Å². The minimum Gasteiger partial charge on any atom is -0.375 e. The van der Waals surface area contributed by atoms with Crippen molar-refractivity contribution in [3.05, 3.63) is 0 Å². The summed E-state index contributed by atoms with van der Waals surface area (Å²) in [4.78, 5) is 0. The van der Waals surface area contributed by atoms with E-state index in [1.54, 1.807) is 0 Å². The molecule has 0 N–H and O–H groups in total. The lowest BCUT2D eigenvalue weighted by Gasteiger charge is -2.41. The van der Waals surface area contributed by atoms with Gasteiger partial charge in [-0.2, -0.15) is 0 Å². The van der Waals surface area contributed by atoms with Crippen molar-refractivity contribution in [2.75, 3.05) is 6.61 Å². The topological polar surface area (TPSA) is 9.23 Å². The highest BCUT2D eigenvalue weighted by Crippen LogP contribution is 2.39. The fraction of sp³-hybridized carbons (Fsp3) is 1.00. The predicted molar refractivity (Wildman–Crippen MR) is 47.7 cm³/mol. The average molecular weight is 156 g/mol. The van der Waals surface area contributed by atoms with Gasteiger partial charge in [0.25, 0.3) is 0 Å². The largest absolute Gasteiger partial charge is 0.375 e. The Kier molecular flexibility index (Phi) is 3.38. The van der Waals surface area contributed by atoms with Crippen LogP contribution in [0.15, 0.2) is 0 Å². The summed E-state index contributed by atoms with van der Waals surface area (Å²) in [6.07, 6.45) is 7.91. The molecule has 0 aromatic heterocycles. The maximum Gasteiger partial charge on any atom is 0.0682 e.